The Morgan fingerprint density at radius 1 is 0.960 bits per heavy atom. The van der Waals surface area contributed by atoms with Gasteiger partial charge in [0, 0.05) is 5.69 Å². The third kappa shape index (κ3) is 5.93. The Kier molecular flexibility index (Phi) is 7.52. The highest BCUT2D eigenvalue weighted by molar-refractivity contribution is 5.94. The van der Waals surface area contributed by atoms with Gasteiger partial charge >= 0.3 is 0 Å². The topological polar surface area (TPSA) is 38.3 Å². The zero-order chi connectivity index (χ0) is 18.1. The molecule has 0 spiro atoms. The zero-order valence-electron chi connectivity index (χ0n) is 15.5. The fraction of sp³-hybridized carbons (Fsp3) is 0.409. The van der Waals surface area contributed by atoms with Gasteiger partial charge in [0.05, 0.1) is 0 Å². The van der Waals surface area contributed by atoms with Gasteiger partial charge in [-0.05, 0) is 61.1 Å². The van der Waals surface area contributed by atoms with Gasteiger partial charge in [-0.25, -0.2) is 0 Å². The first-order chi connectivity index (χ1) is 12.2. The van der Waals surface area contributed by atoms with Gasteiger partial charge in [0.25, 0.3) is 5.91 Å². The molecule has 0 aliphatic carbocycles. The Morgan fingerprint density at radius 3 is 2.16 bits per heavy atom. The van der Waals surface area contributed by atoms with Crippen molar-refractivity contribution in [2.45, 2.75) is 59.0 Å². The average Bonchev–Trinajstić information content (AvgIpc) is 2.66. The van der Waals surface area contributed by atoms with Crippen LogP contribution in [0.15, 0.2) is 48.5 Å². The second-order valence-electron chi connectivity index (χ2n) is 6.30. The number of ether oxygens (including phenoxy) is 1. The van der Waals surface area contributed by atoms with E-state index in [2.05, 4.69) is 31.3 Å². The minimum Gasteiger partial charge on any atom is -0.481 e. The maximum Gasteiger partial charge on any atom is 0.265 e. The number of unbranched alkanes of at least 4 members (excludes halogenated alkanes) is 1. The molecule has 2 aromatic carbocycles. The number of carbonyl (C=O) groups excluding carboxylic acids is 1. The summed E-state index contributed by atoms with van der Waals surface area (Å²) in [6, 6.07) is 16.0. The number of nitrogens with one attached hydrogen (secondary N) is 1. The van der Waals surface area contributed by atoms with Crippen molar-refractivity contribution in [3.63, 3.8) is 0 Å². The first-order valence-electron chi connectivity index (χ1n) is 9.31. The number of amides is 1. The predicted molar refractivity (Wildman–Crippen MR) is 104 cm³/mol. The van der Waals surface area contributed by atoms with Crippen LogP contribution in [0.2, 0.25) is 0 Å². The van der Waals surface area contributed by atoms with Crippen LogP contribution in [0.4, 0.5) is 5.69 Å². The Balaban J connectivity index is 1.94. The molecule has 0 saturated carbocycles. The van der Waals surface area contributed by atoms with Gasteiger partial charge in [-0.2, -0.15) is 0 Å². The van der Waals surface area contributed by atoms with Crippen molar-refractivity contribution in [2.75, 3.05) is 5.32 Å². The third-order valence-electron chi connectivity index (χ3n) is 4.31. The summed E-state index contributed by atoms with van der Waals surface area (Å²) in [7, 11) is 0. The van der Waals surface area contributed by atoms with Crippen LogP contribution in [0.5, 0.6) is 5.75 Å². The summed E-state index contributed by atoms with van der Waals surface area (Å²) in [6.45, 7) is 6.26. The second-order valence-corrected chi connectivity index (χ2v) is 6.30. The number of anilines is 1. The van der Waals surface area contributed by atoms with Crippen molar-refractivity contribution in [3.8, 4) is 5.75 Å². The Labute approximate surface area is 151 Å². The zero-order valence-corrected chi connectivity index (χ0v) is 15.5. The summed E-state index contributed by atoms with van der Waals surface area (Å²) in [6.07, 6.45) is 4.58. The van der Waals surface area contributed by atoms with E-state index in [0.717, 1.165) is 24.3 Å². The summed E-state index contributed by atoms with van der Waals surface area (Å²) in [5, 5.41) is 2.96. The summed E-state index contributed by atoms with van der Waals surface area (Å²) in [5.74, 6) is 0.623. The summed E-state index contributed by atoms with van der Waals surface area (Å²) >= 11 is 0. The molecule has 0 saturated heterocycles. The van der Waals surface area contributed by atoms with Crippen molar-refractivity contribution < 1.29 is 9.53 Å². The van der Waals surface area contributed by atoms with Crippen molar-refractivity contribution in [2.24, 2.45) is 0 Å². The quantitative estimate of drug-likeness (QED) is 0.665. The van der Waals surface area contributed by atoms with E-state index in [4.69, 9.17) is 4.74 Å². The van der Waals surface area contributed by atoms with Crippen LogP contribution in [-0.4, -0.2) is 12.0 Å². The van der Waals surface area contributed by atoms with Crippen LogP contribution in [0, 0.1) is 0 Å². The van der Waals surface area contributed by atoms with E-state index in [9.17, 15) is 4.79 Å². The van der Waals surface area contributed by atoms with E-state index in [-0.39, 0.29) is 5.91 Å². The number of aryl methyl sites for hydroxylation is 2. The van der Waals surface area contributed by atoms with Crippen LogP contribution in [0.25, 0.3) is 0 Å². The van der Waals surface area contributed by atoms with E-state index in [0.29, 0.717) is 6.42 Å². The highest BCUT2D eigenvalue weighted by Crippen LogP contribution is 2.17. The van der Waals surface area contributed by atoms with E-state index in [1.54, 1.807) is 0 Å². The monoisotopic (exact) mass is 339 g/mol. The van der Waals surface area contributed by atoms with Crippen LogP contribution in [0.3, 0.4) is 0 Å². The molecule has 2 aromatic rings. The minimum absolute atomic E-state index is 0.108. The Hall–Kier alpha value is -2.29. The second kappa shape index (κ2) is 9.87. The molecule has 3 nitrogen and oxygen atoms in total. The van der Waals surface area contributed by atoms with Crippen LogP contribution >= 0.6 is 0 Å². The van der Waals surface area contributed by atoms with Crippen molar-refractivity contribution >= 4 is 11.6 Å². The lowest BCUT2D eigenvalue weighted by Gasteiger charge is -2.17. The lowest BCUT2D eigenvalue weighted by Crippen LogP contribution is -2.32. The summed E-state index contributed by atoms with van der Waals surface area (Å²) < 4.78 is 5.86. The number of hydrogen-bond donors (Lipinski definition) is 1. The van der Waals surface area contributed by atoms with Gasteiger partial charge in [-0.3, -0.25) is 4.79 Å². The molecule has 1 atom stereocenters. The first kappa shape index (κ1) is 19.0. The van der Waals surface area contributed by atoms with Gasteiger partial charge in [0.15, 0.2) is 6.10 Å². The third-order valence-corrected chi connectivity index (χ3v) is 4.31. The van der Waals surface area contributed by atoms with Crippen LogP contribution < -0.4 is 10.1 Å². The van der Waals surface area contributed by atoms with E-state index in [1.807, 2.05) is 43.3 Å². The molecule has 0 aliphatic heterocycles. The molecule has 25 heavy (non-hydrogen) atoms. The van der Waals surface area contributed by atoms with Gasteiger partial charge < -0.3 is 10.1 Å². The molecule has 134 valence electrons. The minimum atomic E-state index is -0.493. The van der Waals surface area contributed by atoms with Crippen molar-refractivity contribution in [1.29, 1.82) is 0 Å². The molecule has 0 aliphatic rings. The summed E-state index contributed by atoms with van der Waals surface area (Å²) in [4.78, 5) is 12.5. The normalized spacial score (nSPS) is 11.8. The number of carbonyl (C=O) groups is 1. The van der Waals surface area contributed by atoms with Gasteiger partial charge in [-0.15, -0.1) is 0 Å². The number of benzene rings is 2. The molecule has 0 bridgehead atoms. The molecule has 2 rings (SSSR count). The lowest BCUT2D eigenvalue weighted by molar-refractivity contribution is -0.122. The molecule has 0 aromatic heterocycles. The Morgan fingerprint density at radius 2 is 1.60 bits per heavy atom. The fourth-order valence-corrected chi connectivity index (χ4v) is 2.65. The van der Waals surface area contributed by atoms with Crippen LogP contribution in [0.1, 0.15) is 51.2 Å². The fourth-order valence-electron chi connectivity index (χ4n) is 2.65. The molecule has 0 radical (unpaired) electrons. The largest absolute Gasteiger partial charge is 0.481 e. The van der Waals surface area contributed by atoms with Crippen LogP contribution in [-0.2, 0) is 17.6 Å². The first-order valence-corrected chi connectivity index (χ1v) is 9.31. The van der Waals surface area contributed by atoms with Crippen molar-refractivity contribution in [1.82, 2.24) is 0 Å². The lowest BCUT2D eigenvalue weighted by atomic mass is 10.1. The number of hydrogen-bond acceptors (Lipinski definition) is 2. The highest BCUT2D eigenvalue weighted by atomic mass is 16.5. The van der Waals surface area contributed by atoms with E-state index in [1.165, 1.54) is 24.0 Å². The van der Waals surface area contributed by atoms with E-state index >= 15 is 0 Å². The standard InChI is InChI=1S/C22H29NO2/c1-4-7-8-18-9-13-19(14-10-18)23-22(24)21(6-3)25-20-15-11-17(5-2)12-16-20/h9-16,21H,4-8H2,1-3H3,(H,23,24). The molecule has 1 N–H and O–H groups in total. The highest BCUT2D eigenvalue weighted by Gasteiger charge is 2.18. The predicted octanol–water partition coefficient (Wildman–Crippen LogP) is 5.39. The molecule has 3 heteroatoms. The van der Waals surface area contributed by atoms with Crippen molar-refractivity contribution in [3.05, 3.63) is 59.7 Å². The number of rotatable bonds is 9. The van der Waals surface area contributed by atoms with Gasteiger partial charge in [0.2, 0.25) is 0 Å². The smallest absolute Gasteiger partial charge is 0.265 e. The molecule has 0 fully saturated rings. The van der Waals surface area contributed by atoms with E-state index < -0.39 is 6.10 Å². The molecular formula is C22H29NO2. The average molecular weight is 339 g/mol. The molecule has 0 heterocycles. The maximum absolute atomic E-state index is 12.5. The summed E-state index contributed by atoms with van der Waals surface area (Å²) in [5.41, 5.74) is 3.38. The molecular weight excluding hydrogens is 310 g/mol. The molecule has 1 unspecified atom stereocenters. The van der Waals surface area contributed by atoms with Gasteiger partial charge in [-0.1, -0.05) is 51.5 Å². The SMILES string of the molecule is CCCCc1ccc(NC(=O)C(CC)Oc2ccc(CC)cc2)cc1. The van der Waals surface area contributed by atoms with Gasteiger partial charge in [0.1, 0.15) is 5.75 Å². The molecule has 1 amide bonds. The Bertz CT molecular complexity index is 647. The maximum atomic E-state index is 12.5.